The number of aromatic amines is 1. The number of carbonyl (C=O) groups excluding carboxylic acids is 1. The number of rotatable bonds is 3. The summed E-state index contributed by atoms with van der Waals surface area (Å²) in [7, 11) is 0. The van der Waals surface area contributed by atoms with Gasteiger partial charge in [0.2, 0.25) is 5.82 Å². The van der Waals surface area contributed by atoms with Crippen molar-refractivity contribution in [1.29, 1.82) is 0 Å². The first-order valence-corrected chi connectivity index (χ1v) is 7.23. The molecule has 2 aromatic rings. The van der Waals surface area contributed by atoms with Crippen molar-refractivity contribution in [1.82, 2.24) is 20.1 Å². The molecule has 0 bridgehead atoms. The van der Waals surface area contributed by atoms with E-state index in [0.717, 1.165) is 18.7 Å². The summed E-state index contributed by atoms with van der Waals surface area (Å²) in [4.78, 5) is 18.3. The number of nitrogens with one attached hydrogen (secondary N) is 1. The van der Waals surface area contributed by atoms with E-state index in [-0.39, 0.29) is 11.7 Å². The number of nitrogens with zero attached hydrogens (tertiary/aromatic N) is 3. The smallest absolute Gasteiger partial charge is 0.293 e. The van der Waals surface area contributed by atoms with Gasteiger partial charge in [0, 0.05) is 19.5 Å². The van der Waals surface area contributed by atoms with E-state index in [1.807, 2.05) is 25.1 Å². The zero-order valence-corrected chi connectivity index (χ0v) is 12.0. The standard InChI is InChI=1S/C16H18N4O/c1-2-14-17-15(19-18-14)16(21)20-10-8-13(9-11-20)12-6-4-3-5-7-12/h3-8H,2,9-11H2,1H3,(H,17,18,19). The van der Waals surface area contributed by atoms with Gasteiger partial charge in [-0.1, -0.05) is 43.3 Å². The molecule has 0 fully saturated rings. The van der Waals surface area contributed by atoms with Gasteiger partial charge in [0.1, 0.15) is 5.82 Å². The minimum Gasteiger partial charge on any atom is -0.332 e. The largest absolute Gasteiger partial charge is 0.332 e. The van der Waals surface area contributed by atoms with E-state index in [1.54, 1.807) is 4.90 Å². The first kappa shape index (κ1) is 13.5. The fourth-order valence-electron chi connectivity index (χ4n) is 2.46. The van der Waals surface area contributed by atoms with Crippen LogP contribution in [0, 0.1) is 0 Å². The molecule has 3 rings (SSSR count). The number of aryl methyl sites for hydroxylation is 1. The average molecular weight is 282 g/mol. The normalized spacial score (nSPS) is 14.9. The van der Waals surface area contributed by atoms with Crippen LogP contribution in [0.2, 0.25) is 0 Å². The van der Waals surface area contributed by atoms with Gasteiger partial charge in [-0.15, -0.1) is 5.10 Å². The van der Waals surface area contributed by atoms with Crippen molar-refractivity contribution in [2.45, 2.75) is 19.8 Å². The summed E-state index contributed by atoms with van der Waals surface area (Å²) in [6.45, 7) is 3.29. The quantitative estimate of drug-likeness (QED) is 0.939. The van der Waals surface area contributed by atoms with Gasteiger partial charge in [-0.25, -0.2) is 4.98 Å². The molecular formula is C16H18N4O. The molecule has 0 spiro atoms. The molecule has 1 aromatic carbocycles. The SMILES string of the molecule is CCc1nc(C(=O)N2CC=C(c3ccccc3)CC2)n[nH]1. The highest BCUT2D eigenvalue weighted by Crippen LogP contribution is 2.22. The predicted molar refractivity (Wildman–Crippen MR) is 80.7 cm³/mol. The van der Waals surface area contributed by atoms with Gasteiger partial charge in [0.25, 0.3) is 5.91 Å². The number of benzene rings is 1. The van der Waals surface area contributed by atoms with Crippen molar-refractivity contribution in [3.05, 3.63) is 53.6 Å². The monoisotopic (exact) mass is 282 g/mol. The number of H-pyrrole nitrogens is 1. The van der Waals surface area contributed by atoms with E-state index in [9.17, 15) is 4.79 Å². The maximum Gasteiger partial charge on any atom is 0.293 e. The molecule has 5 nitrogen and oxygen atoms in total. The van der Waals surface area contributed by atoms with Crippen LogP contribution in [0.1, 0.15) is 35.4 Å². The van der Waals surface area contributed by atoms with Gasteiger partial charge >= 0.3 is 0 Å². The summed E-state index contributed by atoms with van der Waals surface area (Å²) in [6.07, 6.45) is 3.73. The second-order valence-electron chi connectivity index (χ2n) is 5.06. The molecule has 1 amide bonds. The Balaban J connectivity index is 1.70. The van der Waals surface area contributed by atoms with E-state index in [0.29, 0.717) is 13.1 Å². The Kier molecular flexibility index (Phi) is 3.81. The molecule has 1 N–H and O–H groups in total. The Morgan fingerprint density at radius 1 is 1.33 bits per heavy atom. The first-order valence-electron chi connectivity index (χ1n) is 7.23. The lowest BCUT2D eigenvalue weighted by molar-refractivity contribution is 0.0761. The van der Waals surface area contributed by atoms with E-state index < -0.39 is 0 Å². The maximum absolute atomic E-state index is 12.3. The van der Waals surface area contributed by atoms with Crippen LogP contribution in [0.15, 0.2) is 36.4 Å². The highest BCUT2D eigenvalue weighted by molar-refractivity contribution is 5.91. The van der Waals surface area contributed by atoms with Crippen molar-refractivity contribution in [3.63, 3.8) is 0 Å². The predicted octanol–water partition coefficient (Wildman–Crippen LogP) is 2.30. The van der Waals surface area contributed by atoms with Crippen molar-refractivity contribution in [2.24, 2.45) is 0 Å². The molecule has 0 atom stereocenters. The van der Waals surface area contributed by atoms with Crippen molar-refractivity contribution in [3.8, 4) is 0 Å². The Bertz CT molecular complexity index is 660. The summed E-state index contributed by atoms with van der Waals surface area (Å²) < 4.78 is 0. The molecule has 108 valence electrons. The van der Waals surface area contributed by atoms with Crippen LogP contribution in [-0.4, -0.2) is 39.1 Å². The lowest BCUT2D eigenvalue weighted by Crippen LogP contribution is -2.35. The second-order valence-corrected chi connectivity index (χ2v) is 5.06. The zero-order valence-electron chi connectivity index (χ0n) is 12.0. The lowest BCUT2D eigenvalue weighted by Gasteiger charge is -2.25. The van der Waals surface area contributed by atoms with Crippen LogP contribution >= 0.6 is 0 Å². The summed E-state index contributed by atoms with van der Waals surface area (Å²) in [5.41, 5.74) is 2.53. The number of amides is 1. The van der Waals surface area contributed by atoms with Gasteiger partial charge in [0.05, 0.1) is 0 Å². The molecular weight excluding hydrogens is 264 g/mol. The Labute approximate surface area is 123 Å². The minimum atomic E-state index is -0.102. The fourth-order valence-corrected chi connectivity index (χ4v) is 2.46. The number of hydrogen-bond acceptors (Lipinski definition) is 3. The summed E-state index contributed by atoms with van der Waals surface area (Å²) >= 11 is 0. The first-order chi connectivity index (χ1) is 10.3. The molecule has 21 heavy (non-hydrogen) atoms. The molecule has 1 aliphatic heterocycles. The van der Waals surface area contributed by atoms with Crippen molar-refractivity contribution >= 4 is 11.5 Å². The Morgan fingerprint density at radius 3 is 2.76 bits per heavy atom. The van der Waals surface area contributed by atoms with Crippen LogP contribution < -0.4 is 0 Å². The third-order valence-corrected chi connectivity index (χ3v) is 3.70. The van der Waals surface area contributed by atoms with Crippen LogP contribution in [0.5, 0.6) is 0 Å². The van der Waals surface area contributed by atoms with Crippen LogP contribution in [0.3, 0.4) is 0 Å². The fraction of sp³-hybridized carbons (Fsp3) is 0.312. The van der Waals surface area contributed by atoms with Crippen molar-refractivity contribution in [2.75, 3.05) is 13.1 Å². The average Bonchev–Trinajstić information content (AvgIpc) is 3.04. The van der Waals surface area contributed by atoms with Crippen LogP contribution in [-0.2, 0) is 6.42 Å². The molecule has 0 saturated heterocycles. The minimum absolute atomic E-state index is 0.102. The molecule has 5 heteroatoms. The highest BCUT2D eigenvalue weighted by atomic mass is 16.2. The summed E-state index contributed by atoms with van der Waals surface area (Å²) in [5, 5.41) is 6.78. The number of carbonyl (C=O) groups is 1. The molecule has 0 aliphatic carbocycles. The zero-order chi connectivity index (χ0) is 14.7. The summed E-state index contributed by atoms with van der Waals surface area (Å²) in [6, 6.07) is 10.3. The van der Waals surface area contributed by atoms with E-state index >= 15 is 0 Å². The Hall–Kier alpha value is -2.43. The lowest BCUT2D eigenvalue weighted by atomic mass is 9.99. The van der Waals surface area contributed by atoms with Gasteiger partial charge in [-0.3, -0.25) is 9.89 Å². The van der Waals surface area contributed by atoms with Crippen molar-refractivity contribution < 1.29 is 4.79 Å². The highest BCUT2D eigenvalue weighted by Gasteiger charge is 2.22. The van der Waals surface area contributed by atoms with Gasteiger partial charge in [-0.2, -0.15) is 0 Å². The Morgan fingerprint density at radius 2 is 2.14 bits per heavy atom. The van der Waals surface area contributed by atoms with Crippen LogP contribution in [0.4, 0.5) is 0 Å². The topological polar surface area (TPSA) is 61.9 Å². The van der Waals surface area contributed by atoms with E-state index in [2.05, 4.69) is 33.4 Å². The van der Waals surface area contributed by atoms with E-state index in [4.69, 9.17) is 0 Å². The van der Waals surface area contributed by atoms with E-state index in [1.165, 1.54) is 11.1 Å². The van der Waals surface area contributed by atoms with Gasteiger partial charge in [-0.05, 0) is 17.6 Å². The second kappa shape index (κ2) is 5.91. The van der Waals surface area contributed by atoms with Crippen LogP contribution in [0.25, 0.3) is 5.57 Å². The number of hydrogen-bond donors (Lipinski definition) is 1. The third kappa shape index (κ3) is 2.86. The molecule has 0 saturated carbocycles. The molecule has 0 unspecified atom stereocenters. The molecule has 0 radical (unpaired) electrons. The molecule has 1 aliphatic rings. The molecule has 1 aromatic heterocycles. The maximum atomic E-state index is 12.3. The summed E-state index contributed by atoms with van der Waals surface area (Å²) in [5.74, 6) is 0.911. The van der Waals surface area contributed by atoms with Gasteiger partial charge < -0.3 is 4.90 Å². The molecule has 2 heterocycles. The van der Waals surface area contributed by atoms with Gasteiger partial charge in [0.15, 0.2) is 0 Å². The third-order valence-electron chi connectivity index (χ3n) is 3.70. The number of aromatic nitrogens is 3.